The summed E-state index contributed by atoms with van der Waals surface area (Å²) in [5.41, 5.74) is 0.580. The van der Waals surface area contributed by atoms with E-state index in [9.17, 15) is 0 Å². The molecule has 0 saturated heterocycles. The summed E-state index contributed by atoms with van der Waals surface area (Å²) in [7, 11) is 0. The van der Waals surface area contributed by atoms with Gasteiger partial charge in [0.05, 0.1) is 0 Å². The van der Waals surface area contributed by atoms with Crippen LogP contribution in [0.25, 0.3) is 0 Å². The monoisotopic (exact) mass is 186 g/mol. The molecule has 0 amide bonds. The minimum atomic E-state index is 0.580. The van der Waals surface area contributed by atoms with Gasteiger partial charge >= 0.3 is 0 Å². The first kappa shape index (κ1) is 8.87. The average Bonchev–Trinajstić information content (AvgIpc) is 2.51. The molecule has 0 aromatic heterocycles. The molecule has 0 radical (unpaired) electrons. The molecule has 0 bridgehead atoms. The van der Waals surface area contributed by atoms with E-state index in [-0.39, 0.29) is 0 Å². The van der Waals surface area contributed by atoms with Crippen LogP contribution < -0.4 is 0 Å². The highest BCUT2D eigenvalue weighted by molar-refractivity contribution is 6.18. The van der Waals surface area contributed by atoms with E-state index in [1.807, 2.05) is 0 Å². The fourth-order valence-electron chi connectivity index (χ4n) is 2.87. The smallest absolute Gasteiger partial charge is 0.0282 e. The van der Waals surface area contributed by atoms with Crippen molar-refractivity contribution in [2.24, 2.45) is 17.3 Å². The van der Waals surface area contributed by atoms with Gasteiger partial charge in [0.25, 0.3) is 0 Å². The molecule has 70 valence electrons. The van der Waals surface area contributed by atoms with Crippen LogP contribution in [0.2, 0.25) is 0 Å². The zero-order chi connectivity index (χ0) is 8.60. The molecular formula is C11H19Cl. The lowest BCUT2D eigenvalue weighted by molar-refractivity contribution is 0.364. The van der Waals surface area contributed by atoms with E-state index in [0.717, 1.165) is 17.7 Å². The van der Waals surface area contributed by atoms with Crippen molar-refractivity contribution in [3.63, 3.8) is 0 Å². The number of rotatable bonds is 3. The normalized spacial score (nSPS) is 42.0. The summed E-state index contributed by atoms with van der Waals surface area (Å²) < 4.78 is 0. The van der Waals surface area contributed by atoms with Crippen LogP contribution >= 0.6 is 11.6 Å². The molecule has 0 spiro atoms. The van der Waals surface area contributed by atoms with Gasteiger partial charge in [-0.25, -0.2) is 0 Å². The lowest BCUT2D eigenvalue weighted by atomic mass is 9.90. The topological polar surface area (TPSA) is 0 Å². The van der Waals surface area contributed by atoms with Crippen LogP contribution in [0.15, 0.2) is 0 Å². The molecule has 0 aromatic rings. The molecular weight excluding hydrogens is 168 g/mol. The van der Waals surface area contributed by atoms with Crippen molar-refractivity contribution < 1.29 is 0 Å². The number of hydrogen-bond donors (Lipinski definition) is 0. The van der Waals surface area contributed by atoms with Crippen LogP contribution in [0.3, 0.4) is 0 Å². The molecule has 0 N–H and O–H groups in total. The van der Waals surface area contributed by atoms with Gasteiger partial charge in [0.15, 0.2) is 0 Å². The number of alkyl halides is 1. The molecule has 2 saturated carbocycles. The van der Waals surface area contributed by atoms with Gasteiger partial charge in [-0.2, -0.15) is 0 Å². The van der Waals surface area contributed by atoms with Crippen molar-refractivity contribution in [2.45, 2.75) is 45.4 Å². The minimum absolute atomic E-state index is 0.580. The van der Waals surface area contributed by atoms with Crippen LogP contribution in [0, 0.1) is 17.3 Å². The lowest BCUT2D eigenvalue weighted by Crippen LogP contribution is -2.10. The van der Waals surface area contributed by atoms with Crippen molar-refractivity contribution in [3.8, 4) is 0 Å². The standard InChI is InChI=1S/C11H19Cl/c1-9-6-11(9,8-12)7-10-4-2-3-5-10/h9-10H,2-8H2,1H3. The first-order chi connectivity index (χ1) is 5.77. The molecule has 0 aromatic carbocycles. The van der Waals surface area contributed by atoms with E-state index in [1.165, 1.54) is 38.5 Å². The van der Waals surface area contributed by atoms with Crippen LogP contribution in [0.4, 0.5) is 0 Å². The maximum Gasteiger partial charge on any atom is 0.0282 e. The highest BCUT2D eigenvalue weighted by Gasteiger charge is 2.50. The van der Waals surface area contributed by atoms with E-state index in [4.69, 9.17) is 11.6 Å². The van der Waals surface area contributed by atoms with Gasteiger partial charge in [-0.1, -0.05) is 32.6 Å². The Hall–Kier alpha value is 0.290. The van der Waals surface area contributed by atoms with Gasteiger partial charge in [0.2, 0.25) is 0 Å². The molecule has 0 heterocycles. The van der Waals surface area contributed by atoms with Gasteiger partial charge in [0, 0.05) is 5.88 Å². The van der Waals surface area contributed by atoms with Crippen LogP contribution in [0.1, 0.15) is 45.4 Å². The Kier molecular flexibility index (Phi) is 2.37. The molecule has 2 aliphatic rings. The molecule has 2 unspecified atom stereocenters. The summed E-state index contributed by atoms with van der Waals surface area (Å²) in [5, 5.41) is 0. The van der Waals surface area contributed by atoms with Gasteiger partial charge in [0.1, 0.15) is 0 Å². The Labute approximate surface area is 80.7 Å². The van der Waals surface area contributed by atoms with Crippen LogP contribution in [-0.4, -0.2) is 5.88 Å². The van der Waals surface area contributed by atoms with E-state index >= 15 is 0 Å². The Balaban J connectivity index is 1.85. The van der Waals surface area contributed by atoms with E-state index in [2.05, 4.69) is 6.92 Å². The maximum absolute atomic E-state index is 6.03. The maximum atomic E-state index is 6.03. The zero-order valence-electron chi connectivity index (χ0n) is 7.98. The van der Waals surface area contributed by atoms with Crippen molar-refractivity contribution in [3.05, 3.63) is 0 Å². The Bertz CT molecular complexity index is 156. The third-order valence-corrected chi connectivity index (χ3v) is 4.57. The van der Waals surface area contributed by atoms with E-state index in [0.29, 0.717) is 5.41 Å². The molecule has 0 aliphatic heterocycles. The Morgan fingerprint density at radius 2 is 1.92 bits per heavy atom. The van der Waals surface area contributed by atoms with Crippen molar-refractivity contribution in [1.29, 1.82) is 0 Å². The second kappa shape index (κ2) is 3.21. The summed E-state index contributed by atoms with van der Waals surface area (Å²) in [5.74, 6) is 2.84. The molecule has 1 heteroatoms. The minimum Gasteiger partial charge on any atom is -0.126 e. The molecule has 12 heavy (non-hydrogen) atoms. The summed E-state index contributed by atoms with van der Waals surface area (Å²) in [4.78, 5) is 0. The molecule has 2 aliphatic carbocycles. The molecule has 2 rings (SSSR count). The zero-order valence-corrected chi connectivity index (χ0v) is 8.74. The van der Waals surface area contributed by atoms with Crippen molar-refractivity contribution in [1.82, 2.24) is 0 Å². The van der Waals surface area contributed by atoms with Crippen LogP contribution in [-0.2, 0) is 0 Å². The molecule has 2 atom stereocenters. The third-order valence-electron chi connectivity index (χ3n) is 4.03. The fourth-order valence-corrected chi connectivity index (χ4v) is 3.35. The van der Waals surface area contributed by atoms with Gasteiger partial charge < -0.3 is 0 Å². The largest absolute Gasteiger partial charge is 0.126 e. The number of halogens is 1. The summed E-state index contributed by atoms with van der Waals surface area (Å²) in [6, 6.07) is 0. The highest BCUT2D eigenvalue weighted by atomic mass is 35.5. The van der Waals surface area contributed by atoms with Gasteiger partial charge in [-0.05, 0) is 30.1 Å². The predicted octanol–water partition coefficient (Wildman–Crippen LogP) is 3.83. The first-order valence-corrected chi connectivity index (χ1v) is 5.86. The third kappa shape index (κ3) is 1.51. The summed E-state index contributed by atoms with van der Waals surface area (Å²) >= 11 is 6.03. The van der Waals surface area contributed by atoms with Gasteiger partial charge in [-0.3, -0.25) is 0 Å². The second-order valence-electron chi connectivity index (χ2n) is 4.96. The van der Waals surface area contributed by atoms with Crippen LogP contribution in [0.5, 0.6) is 0 Å². The van der Waals surface area contributed by atoms with Crippen molar-refractivity contribution >= 4 is 11.6 Å². The second-order valence-corrected chi connectivity index (χ2v) is 5.22. The number of hydrogen-bond acceptors (Lipinski definition) is 0. The van der Waals surface area contributed by atoms with E-state index in [1.54, 1.807) is 0 Å². The predicted molar refractivity (Wildman–Crippen MR) is 53.5 cm³/mol. The lowest BCUT2D eigenvalue weighted by Gasteiger charge is -2.17. The van der Waals surface area contributed by atoms with Gasteiger partial charge in [-0.15, -0.1) is 11.6 Å². The fraction of sp³-hybridized carbons (Fsp3) is 1.00. The van der Waals surface area contributed by atoms with E-state index < -0.39 is 0 Å². The highest BCUT2D eigenvalue weighted by Crippen LogP contribution is 2.58. The summed E-state index contributed by atoms with van der Waals surface area (Å²) in [6.45, 7) is 2.36. The quantitative estimate of drug-likeness (QED) is 0.588. The SMILES string of the molecule is CC1CC1(CCl)CC1CCCC1. The summed E-state index contributed by atoms with van der Waals surface area (Å²) in [6.07, 6.45) is 8.72. The first-order valence-electron chi connectivity index (χ1n) is 5.33. The Morgan fingerprint density at radius 3 is 2.33 bits per heavy atom. The van der Waals surface area contributed by atoms with Crippen molar-refractivity contribution in [2.75, 3.05) is 5.88 Å². The average molecular weight is 187 g/mol. The molecule has 2 fully saturated rings. The molecule has 0 nitrogen and oxygen atoms in total. The Morgan fingerprint density at radius 1 is 1.33 bits per heavy atom.